The average molecular weight is 542 g/mol. The minimum Gasteiger partial charge on any atom is -0.508 e. The van der Waals surface area contributed by atoms with Crippen LogP contribution in [0.2, 0.25) is 0 Å². The van der Waals surface area contributed by atoms with Gasteiger partial charge >= 0.3 is 0 Å². The first-order valence-electron chi connectivity index (χ1n) is 13.3. The van der Waals surface area contributed by atoms with Crippen LogP contribution in [0.3, 0.4) is 0 Å². The maximum Gasteiger partial charge on any atom is 0.255 e. The Labute approximate surface area is 224 Å². The molecule has 1 saturated heterocycles. The molecule has 1 saturated carbocycles. The predicted octanol–water partition coefficient (Wildman–Crippen LogP) is 1.04. The van der Waals surface area contributed by atoms with Crippen LogP contribution >= 0.6 is 0 Å². The van der Waals surface area contributed by atoms with Crippen molar-refractivity contribution in [1.82, 2.24) is 9.80 Å². The number of benzene rings is 1. The quantitative estimate of drug-likeness (QED) is 0.352. The number of halogens is 1. The molecule has 0 radical (unpaired) electrons. The van der Waals surface area contributed by atoms with Crippen molar-refractivity contribution in [2.45, 2.75) is 50.3 Å². The van der Waals surface area contributed by atoms with Gasteiger partial charge in [-0.05, 0) is 64.7 Å². The summed E-state index contributed by atoms with van der Waals surface area (Å²) in [5.74, 6) is -7.67. The fourth-order valence-corrected chi connectivity index (χ4v) is 8.10. The summed E-state index contributed by atoms with van der Waals surface area (Å²) in [6.45, 7) is 3.57. The lowest BCUT2D eigenvalue weighted by molar-refractivity contribution is -0.153. The number of likely N-dealkylation sites (tertiary alicyclic amines) is 1. The zero-order valence-electron chi connectivity index (χ0n) is 22.0. The smallest absolute Gasteiger partial charge is 0.255 e. The molecule has 4 aliphatic carbocycles. The molecule has 0 spiro atoms. The third-order valence-electron chi connectivity index (χ3n) is 9.76. The summed E-state index contributed by atoms with van der Waals surface area (Å²) in [5, 5.41) is 45.4. The van der Waals surface area contributed by atoms with E-state index >= 15 is 4.39 Å². The normalized spacial score (nSPS) is 33.7. The van der Waals surface area contributed by atoms with Gasteiger partial charge in [0, 0.05) is 34.2 Å². The number of nitrogens with zero attached hydrogens (tertiary/aromatic N) is 2. The van der Waals surface area contributed by atoms with Gasteiger partial charge in [-0.3, -0.25) is 24.2 Å². The number of carbonyl (C=O) groups excluding carboxylic acids is 3. The van der Waals surface area contributed by atoms with Gasteiger partial charge in [-0.15, -0.1) is 0 Å². The summed E-state index contributed by atoms with van der Waals surface area (Å²) in [7, 11) is 3.07. The van der Waals surface area contributed by atoms with Crippen LogP contribution in [0.4, 0.5) is 4.39 Å². The Kier molecular flexibility index (Phi) is 5.57. The second-order valence-electron chi connectivity index (χ2n) is 11.7. The van der Waals surface area contributed by atoms with Crippen LogP contribution in [-0.2, 0) is 27.2 Å². The number of aliphatic hydroxyl groups is 3. The SMILES string of the molecule is CCN1CC[C@H]2Cc3c(O)c4c(c(F)c3[C@H]21)C[C@H]1C[C@H]2[C@H](N(C)C)C(=O)C(C(N)=O)=C(O)[C@@]2(O)C(=O)C1=C4O. The monoisotopic (exact) mass is 541 g/mol. The van der Waals surface area contributed by atoms with Crippen LogP contribution in [0.1, 0.15) is 48.1 Å². The number of primary amides is 1. The zero-order valence-corrected chi connectivity index (χ0v) is 22.0. The Morgan fingerprint density at radius 2 is 1.87 bits per heavy atom. The van der Waals surface area contributed by atoms with Gasteiger partial charge in [-0.1, -0.05) is 6.92 Å². The molecule has 1 heterocycles. The maximum atomic E-state index is 16.3. The van der Waals surface area contributed by atoms with Gasteiger partial charge in [-0.25, -0.2) is 4.39 Å². The summed E-state index contributed by atoms with van der Waals surface area (Å²) < 4.78 is 16.3. The number of hydrogen-bond acceptors (Lipinski definition) is 9. The number of rotatable bonds is 3. The first-order valence-corrected chi connectivity index (χ1v) is 13.3. The summed E-state index contributed by atoms with van der Waals surface area (Å²) >= 11 is 0. The number of aliphatic hydroxyl groups excluding tert-OH is 2. The molecule has 39 heavy (non-hydrogen) atoms. The molecule has 10 nitrogen and oxygen atoms in total. The number of phenolic OH excluding ortho intramolecular Hbond substituents is 1. The fourth-order valence-electron chi connectivity index (χ4n) is 8.10. The second kappa shape index (κ2) is 8.36. The minimum absolute atomic E-state index is 0.0509. The fraction of sp³-hybridized carbons (Fsp3) is 0.536. The molecule has 6 N–H and O–H groups in total. The molecule has 2 fully saturated rings. The van der Waals surface area contributed by atoms with Crippen molar-refractivity contribution in [3.05, 3.63) is 45.0 Å². The number of likely N-dealkylation sites (N-methyl/N-ethyl adjacent to an activating group) is 1. The van der Waals surface area contributed by atoms with Crippen molar-refractivity contribution in [3.63, 3.8) is 0 Å². The second-order valence-corrected chi connectivity index (χ2v) is 11.7. The summed E-state index contributed by atoms with van der Waals surface area (Å²) in [6, 6.07) is -1.35. The van der Waals surface area contributed by atoms with E-state index in [1.165, 1.54) is 19.0 Å². The van der Waals surface area contributed by atoms with E-state index in [9.17, 15) is 34.8 Å². The third-order valence-corrected chi connectivity index (χ3v) is 9.76. The summed E-state index contributed by atoms with van der Waals surface area (Å²) in [6.07, 6.45) is 1.17. The highest BCUT2D eigenvalue weighted by molar-refractivity contribution is 6.24. The summed E-state index contributed by atoms with van der Waals surface area (Å²) in [4.78, 5) is 42.8. The first-order chi connectivity index (χ1) is 18.4. The number of Topliss-reactive ketones (excluding diaryl/α,β-unsaturated/α-hetero) is 2. The molecule has 0 bridgehead atoms. The highest BCUT2D eigenvalue weighted by Gasteiger charge is 2.64. The van der Waals surface area contributed by atoms with Crippen LogP contribution in [0, 0.1) is 23.6 Å². The molecule has 1 aromatic rings. The number of amides is 1. The van der Waals surface area contributed by atoms with Crippen molar-refractivity contribution < 1.29 is 39.2 Å². The molecule has 6 rings (SSSR count). The lowest BCUT2D eigenvalue weighted by atomic mass is 9.57. The number of nitrogens with two attached hydrogens (primary N) is 1. The van der Waals surface area contributed by atoms with Crippen molar-refractivity contribution >= 4 is 23.2 Å². The van der Waals surface area contributed by atoms with Gasteiger partial charge < -0.3 is 26.2 Å². The highest BCUT2D eigenvalue weighted by atomic mass is 19.1. The van der Waals surface area contributed by atoms with E-state index < -0.39 is 63.9 Å². The van der Waals surface area contributed by atoms with Gasteiger partial charge in [0.15, 0.2) is 11.4 Å². The van der Waals surface area contributed by atoms with Crippen LogP contribution in [0.25, 0.3) is 5.76 Å². The van der Waals surface area contributed by atoms with Gasteiger partial charge in [0.1, 0.15) is 28.7 Å². The third kappa shape index (κ3) is 3.09. The van der Waals surface area contributed by atoms with E-state index in [2.05, 4.69) is 4.90 Å². The Hall–Kier alpha value is -3.28. The van der Waals surface area contributed by atoms with E-state index in [1.807, 2.05) is 6.92 Å². The van der Waals surface area contributed by atoms with Crippen LogP contribution < -0.4 is 5.73 Å². The van der Waals surface area contributed by atoms with Crippen LogP contribution in [-0.4, -0.2) is 86.5 Å². The lowest BCUT2D eigenvalue weighted by Crippen LogP contribution is -2.65. The van der Waals surface area contributed by atoms with E-state index in [-0.39, 0.29) is 47.3 Å². The first kappa shape index (κ1) is 26.0. The van der Waals surface area contributed by atoms with E-state index in [0.29, 0.717) is 17.5 Å². The number of hydrogen-bond donors (Lipinski definition) is 5. The largest absolute Gasteiger partial charge is 0.508 e. The van der Waals surface area contributed by atoms with E-state index in [0.717, 1.165) is 19.5 Å². The highest BCUT2D eigenvalue weighted by Crippen LogP contribution is 2.57. The van der Waals surface area contributed by atoms with Crippen molar-refractivity contribution in [2.75, 3.05) is 27.2 Å². The topological polar surface area (TPSA) is 165 Å². The van der Waals surface area contributed by atoms with E-state index in [1.54, 1.807) is 0 Å². The molecule has 1 aromatic carbocycles. The molecule has 1 aliphatic heterocycles. The predicted molar refractivity (Wildman–Crippen MR) is 136 cm³/mol. The van der Waals surface area contributed by atoms with E-state index in [4.69, 9.17) is 5.73 Å². The number of fused-ring (bicyclic) bond motifs is 6. The zero-order chi connectivity index (χ0) is 28.3. The average Bonchev–Trinajstić information content (AvgIpc) is 3.44. The lowest BCUT2D eigenvalue weighted by Gasteiger charge is -2.50. The Morgan fingerprint density at radius 1 is 1.18 bits per heavy atom. The molecular weight excluding hydrogens is 509 g/mol. The van der Waals surface area contributed by atoms with Crippen molar-refractivity contribution in [1.29, 1.82) is 0 Å². The van der Waals surface area contributed by atoms with Crippen molar-refractivity contribution in [3.8, 4) is 5.75 Å². The molecule has 5 aliphatic rings. The van der Waals surface area contributed by atoms with Gasteiger partial charge in [0.05, 0.1) is 11.6 Å². The molecule has 208 valence electrons. The number of ketones is 2. The van der Waals surface area contributed by atoms with Gasteiger partial charge in [0.25, 0.3) is 5.91 Å². The number of phenols is 1. The van der Waals surface area contributed by atoms with Crippen molar-refractivity contribution in [2.24, 2.45) is 23.5 Å². The molecular formula is C28H32FN3O7. The number of carbonyl (C=O) groups is 3. The Balaban J connectivity index is 1.55. The molecule has 0 aromatic heterocycles. The van der Waals surface area contributed by atoms with Crippen LogP contribution in [0.5, 0.6) is 5.75 Å². The minimum atomic E-state index is -2.71. The summed E-state index contributed by atoms with van der Waals surface area (Å²) in [5.41, 5.74) is 2.27. The van der Waals surface area contributed by atoms with Gasteiger partial charge in [-0.2, -0.15) is 0 Å². The molecule has 0 unspecified atom stereocenters. The van der Waals surface area contributed by atoms with Crippen LogP contribution in [0.15, 0.2) is 16.9 Å². The number of aromatic hydroxyl groups is 1. The Bertz CT molecular complexity index is 1430. The standard InChI is InChI=1S/C28H32FN3O7/c1-4-32-6-5-10-7-13-16(20(10)32)19(29)12-8-11-9-14-21(31(2)3)24(35)18(27(30)38)26(37)28(14,39)25(36)15(11)23(34)17(12)22(13)33/h10-11,14,20-21,33-34,37,39H,4-9H2,1-3H3,(H2,30,38)/t10-,11-,14-,20-,21-,28-/m0/s1. The van der Waals surface area contributed by atoms with Gasteiger partial charge in [0.2, 0.25) is 5.78 Å². The Morgan fingerprint density at radius 3 is 2.49 bits per heavy atom. The molecule has 1 amide bonds. The molecule has 11 heteroatoms. The maximum absolute atomic E-state index is 16.3. The molecule has 6 atom stereocenters.